The molecule has 6 nitrogen and oxygen atoms in total. The average Bonchev–Trinajstić information content (AvgIpc) is 2.70. The van der Waals surface area contributed by atoms with Crippen molar-refractivity contribution in [1.29, 1.82) is 0 Å². The lowest BCUT2D eigenvalue weighted by Gasteiger charge is -2.31. The van der Waals surface area contributed by atoms with E-state index in [1.165, 1.54) is 30.4 Å². The van der Waals surface area contributed by atoms with Gasteiger partial charge in [-0.25, -0.2) is 4.79 Å². The lowest BCUT2D eigenvalue weighted by Crippen LogP contribution is -2.51. The van der Waals surface area contributed by atoms with Gasteiger partial charge in [-0.15, -0.1) is 0 Å². The normalized spacial score (nSPS) is 18.7. The van der Waals surface area contributed by atoms with E-state index in [9.17, 15) is 9.59 Å². The second kappa shape index (κ2) is 9.03. The van der Waals surface area contributed by atoms with Gasteiger partial charge in [0.15, 0.2) is 0 Å². The lowest BCUT2D eigenvalue weighted by molar-refractivity contribution is -0.121. The van der Waals surface area contributed by atoms with Crippen molar-refractivity contribution >= 4 is 11.9 Å². The fourth-order valence-corrected chi connectivity index (χ4v) is 4.10. The molecule has 26 heavy (non-hydrogen) atoms. The fraction of sp³-hybridized carbons (Fsp3) is 0.600. The van der Waals surface area contributed by atoms with E-state index in [0.717, 1.165) is 19.3 Å². The Hall–Kier alpha value is -2.08. The number of nitrogens with zero attached hydrogens (tertiary/aromatic N) is 1. The van der Waals surface area contributed by atoms with Crippen LogP contribution in [-0.2, 0) is 17.8 Å². The van der Waals surface area contributed by atoms with Crippen molar-refractivity contribution in [1.82, 2.24) is 15.5 Å². The zero-order valence-corrected chi connectivity index (χ0v) is 15.4. The van der Waals surface area contributed by atoms with Gasteiger partial charge < -0.3 is 21.3 Å². The van der Waals surface area contributed by atoms with Gasteiger partial charge in [-0.05, 0) is 36.3 Å². The lowest BCUT2D eigenvalue weighted by atomic mass is 9.84. The van der Waals surface area contributed by atoms with Crippen LogP contribution in [-0.4, -0.2) is 42.5 Å². The minimum Gasteiger partial charge on any atom is -0.350 e. The fourth-order valence-electron chi connectivity index (χ4n) is 4.10. The first-order valence-corrected chi connectivity index (χ1v) is 9.76. The van der Waals surface area contributed by atoms with Crippen molar-refractivity contribution in [2.75, 3.05) is 19.6 Å². The van der Waals surface area contributed by atoms with Crippen LogP contribution in [0.4, 0.5) is 4.79 Å². The largest absolute Gasteiger partial charge is 0.350 e. The first-order valence-electron chi connectivity index (χ1n) is 9.76. The van der Waals surface area contributed by atoms with Gasteiger partial charge in [0.25, 0.3) is 0 Å². The van der Waals surface area contributed by atoms with Gasteiger partial charge in [0.1, 0.15) is 0 Å². The molecule has 6 heteroatoms. The first-order chi connectivity index (χ1) is 12.7. The van der Waals surface area contributed by atoms with Gasteiger partial charge in [-0.3, -0.25) is 4.79 Å². The third kappa shape index (κ3) is 4.75. The van der Waals surface area contributed by atoms with Crippen LogP contribution in [0, 0.1) is 5.92 Å². The van der Waals surface area contributed by atoms with Crippen LogP contribution in [0.3, 0.4) is 0 Å². The average molecular weight is 358 g/mol. The highest BCUT2D eigenvalue weighted by Crippen LogP contribution is 2.26. The van der Waals surface area contributed by atoms with Crippen LogP contribution in [0.5, 0.6) is 0 Å². The number of nitrogens with one attached hydrogen (secondary N) is 2. The van der Waals surface area contributed by atoms with Gasteiger partial charge in [-0.1, -0.05) is 43.5 Å². The molecule has 2 aliphatic rings. The molecule has 1 aliphatic carbocycles. The molecule has 1 unspecified atom stereocenters. The van der Waals surface area contributed by atoms with Gasteiger partial charge in [0.2, 0.25) is 5.91 Å². The van der Waals surface area contributed by atoms with E-state index < -0.39 is 0 Å². The molecule has 0 aromatic heterocycles. The number of rotatable bonds is 5. The summed E-state index contributed by atoms with van der Waals surface area (Å²) < 4.78 is 0. The molecule has 0 saturated heterocycles. The van der Waals surface area contributed by atoms with Crippen LogP contribution in [0.2, 0.25) is 0 Å². The molecule has 3 rings (SSSR count). The van der Waals surface area contributed by atoms with Crippen molar-refractivity contribution in [3.63, 3.8) is 0 Å². The highest BCUT2D eigenvalue weighted by atomic mass is 16.2. The number of hydrogen-bond donors (Lipinski definition) is 3. The van der Waals surface area contributed by atoms with E-state index in [2.05, 4.69) is 22.8 Å². The Kier molecular flexibility index (Phi) is 6.50. The Morgan fingerprint density at radius 3 is 2.62 bits per heavy atom. The molecule has 4 N–H and O–H groups in total. The number of benzene rings is 1. The minimum absolute atomic E-state index is 0.000199. The number of carbonyl (C=O) groups is 2. The molecule has 1 aromatic carbocycles. The maximum atomic E-state index is 12.4. The molecule has 142 valence electrons. The third-order valence-electron chi connectivity index (χ3n) is 5.64. The molecule has 1 aromatic rings. The molecule has 1 aliphatic heterocycles. The molecular weight excluding hydrogens is 328 g/mol. The van der Waals surface area contributed by atoms with E-state index in [-0.39, 0.29) is 24.5 Å². The molecule has 1 atom stereocenters. The first kappa shape index (κ1) is 18.7. The van der Waals surface area contributed by atoms with E-state index in [1.807, 2.05) is 12.1 Å². The van der Waals surface area contributed by atoms with Crippen LogP contribution < -0.4 is 16.4 Å². The number of amides is 3. The van der Waals surface area contributed by atoms with Crippen molar-refractivity contribution < 1.29 is 9.59 Å². The summed E-state index contributed by atoms with van der Waals surface area (Å²) in [4.78, 5) is 26.4. The number of nitrogens with two attached hydrogens (primary N) is 1. The van der Waals surface area contributed by atoms with Gasteiger partial charge in [0, 0.05) is 25.7 Å². The SMILES string of the molecule is NCC(NC(=O)CNC(=O)N1CCc2ccccc2C1)C1CCCCC1. The summed E-state index contributed by atoms with van der Waals surface area (Å²) in [6.07, 6.45) is 6.81. The predicted octanol–water partition coefficient (Wildman–Crippen LogP) is 1.78. The standard InChI is InChI=1S/C20H30N4O2/c21-12-18(16-7-2-1-3-8-16)23-19(25)13-22-20(26)24-11-10-15-6-4-5-9-17(15)14-24/h4-6,9,16,18H,1-3,7-8,10-14,21H2,(H,22,26)(H,23,25). The molecule has 1 heterocycles. The molecule has 1 saturated carbocycles. The summed E-state index contributed by atoms with van der Waals surface area (Å²) in [6, 6.07) is 8.01. The highest BCUT2D eigenvalue weighted by molar-refractivity contribution is 5.84. The number of urea groups is 1. The summed E-state index contributed by atoms with van der Waals surface area (Å²) in [5.41, 5.74) is 8.34. The van der Waals surface area contributed by atoms with Gasteiger partial charge in [0.05, 0.1) is 6.54 Å². The third-order valence-corrected chi connectivity index (χ3v) is 5.64. The number of fused-ring (bicyclic) bond motifs is 1. The predicted molar refractivity (Wildman–Crippen MR) is 102 cm³/mol. The smallest absolute Gasteiger partial charge is 0.318 e. The summed E-state index contributed by atoms with van der Waals surface area (Å²) in [7, 11) is 0. The van der Waals surface area contributed by atoms with E-state index in [1.54, 1.807) is 4.90 Å². The second-order valence-corrected chi connectivity index (χ2v) is 7.41. The number of carbonyl (C=O) groups excluding carboxylic acids is 2. The van der Waals surface area contributed by atoms with Crippen molar-refractivity contribution in [3.05, 3.63) is 35.4 Å². The summed E-state index contributed by atoms with van der Waals surface area (Å²) in [6.45, 7) is 1.72. The molecule has 0 radical (unpaired) electrons. The molecule has 3 amide bonds. The van der Waals surface area contributed by atoms with Crippen LogP contribution >= 0.6 is 0 Å². The monoisotopic (exact) mass is 358 g/mol. The van der Waals surface area contributed by atoms with Gasteiger partial charge >= 0.3 is 6.03 Å². The van der Waals surface area contributed by atoms with E-state index >= 15 is 0 Å². The van der Waals surface area contributed by atoms with Crippen molar-refractivity contribution in [2.45, 2.75) is 51.1 Å². The summed E-state index contributed by atoms with van der Waals surface area (Å²) in [5.74, 6) is 0.309. The van der Waals surface area contributed by atoms with Crippen molar-refractivity contribution in [3.8, 4) is 0 Å². The molecule has 1 fully saturated rings. The minimum atomic E-state index is -0.184. The Bertz CT molecular complexity index is 628. The van der Waals surface area contributed by atoms with Crippen LogP contribution in [0.25, 0.3) is 0 Å². The van der Waals surface area contributed by atoms with Crippen LogP contribution in [0.1, 0.15) is 43.2 Å². The zero-order chi connectivity index (χ0) is 18.4. The number of hydrogen-bond acceptors (Lipinski definition) is 3. The highest BCUT2D eigenvalue weighted by Gasteiger charge is 2.25. The Morgan fingerprint density at radius 2 is 1.88 bits per heavy atom. The van der Waals surface area contributed by atoms with E-state index in [4.69, 9.17) is 5.73 Å². The van der Waals surface area contributed by atoms with Crippen LogP contribution in [0.15, 0.2) is 24.3 Å². The molecular formula is C20H30N4O2. The second-order valence-electron chi connectivity index (χ2n) is 7.41. The summed E-state index contributed by atoms with van der Waals surface area (Å²) >= 11 is 0. The molecule has 0 bridgehead atoms. The van der Waals surface area contributed by atoms with E-state index in [0.29, 0.717) is 25.6 Å². The quantitative estimate of drug-likeness (QED) is 0.750. The van der Waals surface area contributed by atoms with Gasteiger partial charge in [-0.2, -0.15) is 0 Å². The Labute approximate surface area is 155 Å². The Balaban J connectivity index is 1.44. The Morgan fingerprint density at radius 1 is 1.15 bits per heavy atom. The van der Waals surface area contributed by atoms with Crippen molar-refractivity contribution in [2.24, 2.45) is 11.7 Å². The summed E-state index contributed by atoms with van der Waals surface area (Å²) in [5, 5.41) is 5.76. The maximum Gasteiger partial charge on any atom is 0.318 e. The topological polar surface area (TPSA) is 87.5 Å². The maximum absolute atomic E-state index is 12.4. The zero-order valence-electron chi connectivity index (χ0n) is 15.4. The molecule has 0 spiro atoms.